The van der Waals surface area contributed by atoms with Crippen molar-refractivity contribution in [3.8, 4) is 33.4 Å². The van der Waals surface area contributed by atoms with E-state index in [0.29, 0.717) is 11.4 Å². The van der Waals surface area contributed by atoms with Gasteiger partial charge in [-0.3, -0.25) is 15.8 Å². The second kappa shape index (κ2) is 13.2. The van der Waals surface area contributed by atoms with Crippen LogP contribution in [0.5, 0.6) is 0 Å². The van der Waals surface area contributed by atoms with Gasteiger partial charge >= 0.3 is 0 Å². The maximum absolute atomic E-state index is 9.15. The molecule has 0 amide bonds. The summed E-state index contributed by atoms with van der Waals surface area (Å²) in [4.78, 5) is 4.45. The third-order valence-corrected chi connectivity index (χ3v) is 8.90. The number of fused-ring (bicyclic) bond motifs is 1. The van der Waals surface area contributed by atoms with Gasteiger partial charge in [-0.25, -0.2) is 0 Å². The Balaban J connectivity index is 1.11. The van der Waals surface area contributed by atoms with Gasteiger partial charge in [-0.15, -0.1) is 0 Å². The Hall–Kier alpha value is -6.65. The molecule has 0 bridgehead atoms. The molecule has 7 aromatic rings. The van der Waals surface area contributed by atoms with Crippen LogP contribution in [0.15, 0.2) is 187 Å². The number of hydrogen-bond acceptors (Lipinski definition) is 4. The molecule has 0 aliphatic heterocycles. The molecule has 49 heavy (non-hydrogen) atoms. The minimum atomic E-state index is 0.345. The standard InChI is InChI=1S/C45H32N4/c46-44-28-39(35-17-15-33(16-18-35)31-9-3-1-4-10-31)27-42(36-21-19-34(20-22-36)32-11-5-2-6-12-32)45(44)49-48-40-25-23-37(24-26-40)43-30-47-29-38-13-7-8-14-41(38)43/h1-30,46,48H/b46-44?,49-45-. The van der Waals surface area contributed by atoms with Gasteiger partial charge in [0.1, 0.15) is 5.71 Å². The number of allylic oxidation sites excluding steroid dienone is 4. The highest BCUT2D eigenvalue weighted by atomic mass is 15.3. The van der Waals surface area contributed by atoms with E-state index in [1.807, 2.05) is 48.8 Å². The molecule has 1 aliphatic carbocycles. The summed E-state index contributed by atoms with van der Waals surface area (Å²) < 4.78 is 0. The Morgan fingerprint density at radius 2 is 1.00 bits per heavy atom. The maximum atomic E-state index is 9.15. The predicted molar refractivity (Wildman–Crippen MR) is 206 cm³/mol. The van der Waals surface area contributed by atoms with Gasteiger partial charge in [-0.1, -0.05) is 146 Å². The Morgan fingerprint density at radius 3 is 1.65 bits per heavy atom. The normalized spacial score (nSPS) is 13.6. The first kappa shape index (κ1) is 29.7. The van der Waals surface area contributed by atoms with Crippen molar-refractivity contribution in [3.63, 3.8) is 0 Å². The molecule has 4 nitrogen and oxygen atoms in total. The van der Waals surface area contributed by atoms with E-state index < -0.39 is 0 Å². The molecule has 2 N–H and O–H groups in total. The number of pyridine rings is 1. The van der Waals surface area contributed by atoms with E-state index >= 15 is 0 Å². The zero-order chi connectivity index (χ0) is 33.0. The fraction of sp³-hybridized carbons (Fsp3) is 0. The SMILES string of the molecule is N=C1C=C(c2ccc(-c3ccccc3)cc2)C=C(c2ccc(-c3ccccc3)cc2)/C1=N/Nc1ccc(-c2cncc3ccccc23)cc1. The molecule has 1 aliphatic rings. The van der Waals surface area contributed by atoms with E-state index in [-0.39, 0.29) is 0 Å². The second-order valence-electron chi connectivity index (χ2n) is 12.0. The highest BCUT2D eigenvalue weighted by molar-refractivity contribution is 6.62. The van der Waals surface area contributed by atoms with E-state index in [2.05, 4.69) is 144 Å². The van der Waals surface area contributed by atoms with Crippen LogP contribution in [-0.4, -0.2) is 16.4 Å². The van der Waals surface area contributed by atoms with Gasteiger partial charge in [-0.2, -0.15) is 5.10 Å². The zero-order valence-electron chi connectivity index (χ0n) is 26.7. The van der Waals surface area contributed by atoms with Crippen LogP contribution < -0.4 is 5.43 Å². The highest BCUT2D eigenvalue weighted by Crippen LogP contribution is 2.32. The summed E-state index contributed by atoms with van der Waals surface area (Å²) in [7, 11) is 0. The number of benzene rings is 6. The number of nitrogens with zero attached hydrogens (tertiary/aromatic N) is 2. The predicted octanol–water partition coefficient (Wildman–Crippen LogP) is 11.2. The van der Waals surface area contributed by atoms with Crippen molar-refractivity contribution in [2.45, 2.75) is 0 Å². The number of hydrogen-bond donors (Lipinski definition) is 2. The average Bonchev–Trinajstić information content (AvgIpc) is 3.18. The average molecular weight is 629 g/mol. The van der Waals surface area contributed by atoms with E-state index in [1.165, 1.54) is 10.9 Å². The lowest BCUT2D eigenvalue weighted by atomic mass is 9.87. The zero-order valence-corrected chi connectivity index (χ0v) is 26.7. The molecule has 0 spiro atoms. The second-order valence-corrected chi connectivity index (χ2v) is 12.0. The number of anilines is 1. The van der Waals surface area contributed by atoms with Crippen LogP contribution in [0, 0.1) is 5.41 Å². The summed E-state index contributed by atoms with van der Waals surface area (Å²) in [5.74, 6) is 0. The van der Waals surface area contributed by atoms with Crippen molar-refractivity contribution in [3.05, 3.63) is 193 Å². The topological polar surface area (TPSA) is 61.1 Å². The van der Waals surface area contributed by atoms with E-state index in [0.717, 1.165) is 61.2 Å². The number of hydrazone groups is 1. The van der Waals surface area contributed by atoms with Crippen LogP contribution in [0.3, 0.4) is 0 Å². The lowest BCUT2D eigenvalue weighted by Crippen LogP contribution is -2.19. The van der Waals surface area contributed by atoms with Crippen LogP contribution in [0.25, 0.3) is 55.3 Å². The summed E-state index contributed by atoms with van der Waals surface area (Å²) in [6, 6.07) is 54.2. The molecule has 1 aromatic heterocycles. The smallest absolute Gasteiger partial charge is 0.116 e. The highest BCUT2D eigenvalue weighted by Gasteiger charge is 2.21. The maximum Gasteiger partial charge on any atom is 0.116 e. The Labute approximate surface area is 286 Å². The fourth-order valence-corrected chi connectivity index (χ4v) is 6.29. The first-order valence-electron chi connectivity index (χ1n) is 16.3. The molecule has 0 fully saturated rings. The van der Waals surface area contributed by atoms with E-state index in [4.69, 9.17) is 10.5 Å². The van der Waals surface area contributed by atoms with Crippen molar-refractivity contribution >= 4 is 39.0 Å². The molecule has 1 heterocycles. The quantitative estimate of drug-likeness (QED) is 0.136. The summed E-state index contributed by atoms with van der Waals surface area (Å²) in [5.41, 5.74) is 15.7. The van der Waals surface area contributed by atoms with Crippen molar-refractivity contribution in [1.29, 1.82) is 5.41 Å². The molecule has 232 valence electrons. The van der Waals surface area contributed by atoms with Gasteiger partial charge in [0, 0.05) is 28.9 Å². The lowest BCUT2D eigenvalue weighted by Gasteiger charge is -2.19. The molecule has 0 atom stereocenters. The van der Waals surface area contributed by atoms with Gasteiger partial charge < -0.3 is 0 Å². The molecule has 4 heteroatoms. The molecule has 8 rings (SSSR count). The Kier molecular flexibility index (Phi) is 8.02. The number of aromatic nitrogens is 1. The van der Waals surface area contributed by atoms with Gasteiger partial charge in [0.2, 0.25) is 0 Å². The summed E-state index contributed by atoms with van der Waals surface area (Å²) in [5, 5.41) is 16.3. The summed E-state index contributed by atoms with van der Waals surface area (Å²) in [6.07, 6.45) is 7.85. The summed E-state index contributed by atoms with van der Waals surface area (Å²) >= 11 is 0. The van der Waals surface area contributed by atoms with E-state index in [9.17, 15) is 0 Å². The fourth-order valence-electron chi connectivity index (χ4n) is 6.29. The third-order valence-electron chi connectivity index (χ3n) is 8.90. The summed E-state index contributed by atoms with van der Waals surface area (Å²) in [6.45, 7) is 0. The van der Waals surface area contributed by atoms with Gasteiger partial charge in [0.25, 0.3) is 0 Å². The van der Waals surface area contributed by atoms with E-state index in [1.54, 1.807) is 0 Å². The molecule has 0 saturated heterocycles. The van der Waals surface area contributed by atoms with Crippen LogP contribution in [0.1, 0.15) is 11.1 Å². The van der Waals surface area contributed by atoms with Gasteiger partial charge in [0.05, 0.1) is 11.4 Å². The van der Waals surface area contributed by atoms with Crippen molar-refractivity contribution < 1.29 is 0 Å². The van der Waals surface area contributed by atoms with Crippen molar-refractivity contribution in [2.24, 2.45) is 5.10 Å². The lowest BCUT2D eigenvalue weighted by molar-refractivity contribution is 1.34. The molecule has 0 unspecified atom stereocenters. The molecule has 0 saturated carbocycles. The largest absolute Gasteiger partial charge is 0.299 e. The minimum absolute atomic E-state index is 0.345. The van der Waals surface area contributed by atoms with Crippen LogP contribution in [-0.2, 0) is 0 Å². The van der Waals surface area contributed by atoms with Crippen molar-refractivity contribution in [2.75, 3.05) is 5.43 Å². The van der Waals surface area contributed by atoms with Crippen molar-refractivity contribution in [1.82, 2.24) is 4.98 Å². The minimum Gasteiger partial charge on any atom is -0.299 e. The Morgan fingerprint density at radius 1 is 0.469 bits per heavy atom. The molecule has 0 radical (unpaired) electrons. The first-order chi connectivity index (χ1) is 24.2. The number of rotatable bonds is 7. The Bertz CT molecular complexity index is 2360. The van der Waals surface area contributed by atoms with Gasteiger partial charge in [0.15, 0.2) is 0 Å². The van der Waals surface area contributed by atoms with Crippen LogP contribution in [0.4, 0.5) is 5.69 Å². The first-order valence-corrected chi connectivity index (χ1v) is 16.3. The molecule has 6 aromatic carbocycles. The van der Waals surface area contributed by atoms with Gasteiger partial charge in [-0.05, 0) is 74.2 Å². The third kappa shape index (κ3) is 6.23. The number of nitrogens with one attached hydrogen (secondary N) is 2. The monoisotopic (exact) mass is 628 g/mol. The van der Waals surface area contributed by atoms with Crippen LogP contribution >= 0.6 is 0 Å². The van der Waals surface area contributed by atoms with Crippen LogP contribution in [0.2, 0.25) is 0 Å². The molecular weight excluding hydrogens is 597 g/mol. The molecular formula is C45H32N4.